The molecular formula is C16H24N2O. The summed E-state index contributed by atoms with van der Waals surface area (Å²) in [7, 11) is 0. The van der Waals surface area contributed by atoms with Gasteiger partial charge in [-0.15, -0.1) is 0 Å². The second kappa shape index (κ2) is 5.74. The summed E-state index contributed by atoms with van der Waals surface area (Å²) < 4.78 is 0. The average molecular weight is 260 g/mol. The van der Waals surface area contributed by atoms with Gasteiger partial charge < -0.3 is 10.6 Å². The first kappa shape index (κ1) is 14.1. The Labute approximate surface area is 115 Å². The monoisotopic (exact) mass is 260 g/mol. The van der Waals surface area contributed by atoms with Gasteiger partial charge >= 0.3 is 0 Å². The lowest BCUT2D eigenvalue weighted by Gasteiger charge is -2.38. The zero-order chi connectivity index (χ0) is 13.9. The minimum Gasteiger partial charge on any atom is -0.342 e. The van der Waals surface area contributed by atoms with Crippen LogP contribution in [0.2, 0.25) is 0 Å². The highest BCUT2D eigenvalue weighted by molar-refractivity contribution is 5.79. The van der Waals surface area contributed by atoms with E-state index in [-0.39, 0.29) is 11.3 Å². The number of benzene rings is 1. The molecule has 1 aliphatic heterocycles. The van der Waals surface area contributed by atoms with Crippen molar-refractivity contribution in [2.24, 2.45) is 11.1 Å². The Bertz CT molecular complexity index is 448. The van der Waals surface area contributed by atoms with E-state index in [9.17, 15) is 4.79 Å². The lowest BCUT2D eigenvalue weighted by Crippen LogP contribution is -2.45. The van der Waals surface area contributed by atoms with Gasteiger partial charge in [0.2, 0.25) is 5.91 Å². The molecule has 19 heavy (non-hydrogen) atoms. The van der Waals surface area contributed by atoms with E-state index in [1.807, 2.05) is 23.1 Å². The van der Waals surface area contributed by atoms with Crippen molar-refractivity contribution in [1.82, 2.24) is 4.90 Å². The number of hydrogen-bond acceptors (Lipinski definition) is 2. The van der Waals surface area contributed by atoms with Crippen LogP contribution in [0.25, 0.3) is 0 Å². The van der Waals surface area contributed by atoms with E-state index in [0.29, 0.717) is 13.0 Å². The second-order valence-corrected chi connectivity index (χ2v) is 6.00. The number of aryl methyl sites for hydroxylation is 1. The predicted molar refractivity (Wildman–Crippen MR) is 77.9 cm³/mol. The number of rotatable bonds is 3. The highest BCUT2D eigenvalue weighted by atomic mass is 16.2. The quantitative estimate of drug-likeness (QED) is 0.905. The number of likely N-dealkylation sites (tertiary alicyclic amines) is 1. The van der Waals surface area contributed by atoms with E-state index in [1.165, 1.54) is 5.56 Å². The van der Waals surface area contributed by atoms with Crippen LogP contribution in [-0.4, -0.2) is 30.4 Å². The summed E-state index contributed by atoms with van der Waals surface area (Å²) in [5.41, 5.74) is 8.35. The molecule has 0 unspecified atom stereocenters. The molecular weight excluding hydrogens is 236 g/mol. The maximum absolute atomic E-state index is 12.3. The molecule has 0 saturated carbocycles. The zero-order valence-electron chi connectivity index (χ0n) is 12.0. The number of carbonyl (C=O) groups is 1. The first-order valence-electron chi connectivity index (χ1n) is 7.06. The Morgan fingerprint density at radius 2 is 1.95 bits per heavy atom. The molecule has 3 nitrogen and oxygen atoms in total. The molecule has 2 rings (SSSR count). The fourth-order valence-electron chi connectivity index (χ4n) is 2.58. The highest BCUT2D eigenvalue weighted by Gasteiger charge is 2.30. The molecule has 0 aromatic heterocycles. The van der Waals surface area contributed by atoms with Crippen molar-refractivity contribution < 1.29 is 4.79 Å². The van der Waals surface area contributed by atoms with Gasteiger partial charge in [-0.3, -0.25) is 4.79 Å². The third-order valence-corrected chi connectivity index (χ3v) is 4.42. The standard InChI is InChI=1S/C16H24N2O/c1-13-5-3-4-6-14(13)11-15(19)18-9-7-16(2,12-17)8-10-18/h3-6H,7-12,17H2,1-2H3. The van der Waals surface area contributed by atoms with Gasteiger partial charge in [0, 0.05) is 13.1 Å². The molecule has 1 amide bonds. The van der Waals surface area contributed by atoms with Crippen molar-refractivity contribution in [3.05, 3.63) is 35.4 Å². The number of nitrogens with zero attached hydrogens (tertiary/aromatic N) is 1. The van der Waals surface area contributed by atoms with Crippen LogP contribution in [0.4, 0.5) is 0 Å². The molecule has 1 aromatic carbocycles. The van der Waals surface area contributed by atoms with Crippen molar-refractivity contribution in [2.75, 3.05) is 19.6 Å². The largest absolute Gasteiger partial charge is 0.342 e. The Balaban J connectivity index is 1.94. The van der Waals surface area contributed by atoms with E-state index < -0.39 is 0 Å². The van der Waals surface area contributed by atoms with Crippen molar-refractivity contribution in [2.45, 2.75) is 33.1 Å². The van der Waals surface area contributed by atoms with Crippen LogP contribution in [0, 0.1) is 12.3 Å². The first-order chi connectivity index (χ1) is 9.04. The maximum atomic E-state index is 12.3. The molecule has 1 aliphatic rings. The van der Waals surface area contributed by atoms with Gasteiger partial charge in [0.25, 0.3) is 0 Å². The summed E-state index contributed by atoms with van der Waals surface area (Å²) >= 11 is 0. The Hall–Kier alpha value is -1.35. The van der Waals surface area contributed by atoms with Gasteiger partial charge in [-0.1, -0.05) is 31.2 Å². The molecule has 0 spiro atoms. The smallest absolute Gasteiger partial charge is 0.226 e. The van der Waals surface area contributed by atoms with Crippen LogP contribution in [0.1, 0.15) is 30.9 Å². The average Bonchev–Trinajstić information content (AvgIpc) is 2.42. The van der Waals surface area contributed by atoms with Crippen LogP contribution >= 0.6 is 0 Å². The third kappa shape index (κ3) is 3.35. The van der Waals surface area contributed by atoms with Crippen molar-refractivity contribution >= 4 is 5.91 Å². The molecule has 0 atom stereocenters. The SMILES string of the molecule is Cc1ccccc1CC(=O)N1CCC(C)(CN)CC1. The van der Waals surface area contributed by atoms with Gasteiger partial charge in [-0.05, 0) is 42.9 Å². The number of hydrogen-bond donors (Lipinski definition) is 1. The van der Waals surface area contributed by atoms with Gasteiger partial charge in [0.1, 0.15) is 0 Å². The van der Waals surface area contributed by atoms with Crippen LogP contribution in [0.15, 0.2) is 24.3 Å². The summed E-state index contributed by atoms with van der Waals surface area (Å²) in [6.07, 6.45) is 2.55. The van der Waals surface area contributed by atoms with Crippen molar-refractivity contribution in [3.63, 3.8) is 0 Å². The number of carbonyl (C=O) groups excluding carboxylic acids is 1. The second-order valence-electron chi connectivity index (χ2n) is 6.00. The first-order valence-corrected chi connectivity index (χ1v) is 7.06. The van der Waals surface area contributed by atoms with E-state index in [0.717, 1.165) is 31.5 Å². The van der Waals surface area contributed by atoms with Crippen LogP contribution in [0.3, 0.4) is 0 Å². The normalized spacial score (nSPS) is 18.4. The molecule has 1 saturated heterocycles. The fraction of sp³-hybridized carbons (Fsp3) is 0.562. The summed E-state index contributed by atoms with van der Waals surface area (Å²) in [6.45, 7) is 6.68. The molecule has 1 heterocycles. The van der Waals surface area contributed by atoms with Crippen LogP contribution < -0.4 is 5.73 Å². The number of nitrogens with two attached hydrogens (primary N) is 1. The Kier molecular flexibility index (Phi) is 4.25. The number of amides is 1. The molecule has 2 N–H and O–H groups in total. The topological polar surface area (TPSA) is 46.3 Å². The Morgan fingerprint density at radius 3 is 2.53 bits per heavy atom. The Morgan fingerprint density at radius 1 is 1.32 bits per heavy atom. The van der Waals surface area contributed by atoms with Crippen LogP contribution in [0.5, 0.6) is 0 Å². The molecule has 0 radical (unpaired) electrons. The van der Waals surface area contributed by atoms with E-state index in [4.69, 9.17) is 5.73 Å². The lowest BCUT2D eigenvalue weighted by molar-refractivity contribution is -0.132. The van der Waals surface area contributed by atoms with Crippen molar-refractivity contribution in [1.29, 1.82) is 0 Å². The van der Waals surface area contributed by atoms with E-state index >= 15 is 0 Å². The highest BCUT2D eigenvalue weighted by Crippen LogP contribution is 2.29. The minimum atomic E-state index is 0.222. The summed E-state index contributed by atoms with van der Waals surface area (Å²) in [6, 6.07) is 8.11. The molecule has 104 valence electrons. The molecule has 0 bridgehead atoms. The molecule has 1 fully saturated rings. The molecule has 0 aliphatic carbocycles. The zero-order valence-corrected chi connectivity index (χ0v) is 12.0. The number of piperidine rings is 1. The minimum absolute atomic E-state index is 0.222. The fourth-order valence-corrected chi connectivity index (χ4v) is 2.58. The van der Waals surface area contributed by atoms with Gasteiger partial charge in [0.05, 0.1) is 6.42 Å². The third-order valence-electron chi connectivity index (χ3n) is 4.42. The maximum Gasteiger partial charge on any atom is 0.226 e. The molecule has 1 aromatic rings. The summed E-state index contributed by atoms with van der Waals surface area (Å²) in [5, 5.41) is 0. The molecule has 3 heteroatoms. The van der Waals surface area contributed by atoms with E-state index in [1.54, 1.807) is 0 Å². The summed E-state index contributed by atoms with van der Waals surface area (Å²) in [5.74, 6) is 0.244. The predicted octanol–water partition coefficient (Wildman–Crippen LogP) is 2.12. The van der Waals surface area contributed by atoms with Crippen LogP contribution in [-0.2, 0) is 11.2 Å². The lowest BCUT2D eigenvalue weighted by atomic mass is 9.80. The van der Waals surface area contributed by atoms with Crippen molar-refractivity contribution in [3.8, 4) is 0 Å². The van der Waals surface area contributed by atoms with E-state index in [2.05, 4.69) is 19.9 Å². The van der Waals surface area contributed by atoms with Gasteiger partial charge in [-0.25, -0.2) is 0 Å². The van der Waals surface area contributed by atoms with Gasteiger partial charge in [0.15, 0.2) is 0 Å². The summed E-state index contributed by atoms with van der Waals surface area (Å²) in [4.78, 5) is 14.3. The van der Waals surface area contributed by atoms with Gasteiger partial charge in [-0.2, -0.15) is 0 Å².